The van der Waals surface area contributed by atoms with E-state index in [9.17, 15) is 9.59 Å². The number of anilines is 1. The molecule has 34 heavy (non-hydrogen) atoms. The van der Waals surface area contributed by atoms with Crippen LogP contribution in [-0.2, 0) is 11.3 Å². The fraction of sp³-hybridized carbons (Fsp3) is 0.360. The zero-order valence-corrected chi connectivity index (χ0v) is 22.5. The number of nitrogens with one attached hydrogen (secondary N) is 2. The molecule has 1 aromatic heterocycles. The molecule has 0 bridgehead atoms. The maximum absolute atomic E-state index is 12.8. The number of carbonyl (C=O) groups is 2. The summed E-state index contributed by atoms with van der Waals surface area (Å²) in [5, 5.41) is 15.5. The number of rotatable bonds is 9. The molecule has 7 nitrogen and oxygen atoms in total. The highest BCUT2D eigenvalue weighted by Crippen LogP contribution is 2.28. The summed E-state index contributed by atoms with van der Waals surface area (Å²) < 4.78 is 2.98. The Morgan fingerprint density at radius 2 is 1.76 bits per heavy atom. The highest BCUT2D eigenvalue weighted by Gasteiger charge is 2.26. The maximum atomic E-state index is 12.8. The van der Waals surface area contributed by atoms with Crippen molar-refractivity contribution in [3.8, 4) is 0 Å². The van der Waals surface area contributed by atoms with Crippen molar-refractivity contribution in [2.45, 2.75) is 52.4 Å². The molecule has 0 aliphatic heterocycles. The van der Waals surface area contributed by atoms with Crippen molar-refractivity contribution in [3.63, 3.8) is 0 Å². The molecule has 0 saturated carbocycles. The third-order valence-corrected chi connectivity index (χ3v) is 7.48. The Morgan fingerprint density at radius 3 is 2.41 bits per heavy atom. The molecule has 2 N–H and O–H groups in total. The fourth-order valence-electron chi connectivity index (χ4n) is 3.52. The molecule has 0 saturated heterocycles. The average Bonchev–Trinajstić information content (AvgIpc) is 3.24. The van der Waals surface area contributed by atoms with E-state index in [-0.39, 0.29) is 29.5 Å². The van der Waals surface area contributed by atoms with Crippen molar-refractivity contribution in [1.82, 2.24) is 20.1 Å². The molecule has 3 rings (SSSR count). The Bertz CT molecular complexity index is 1160. The van der Waals surface area contributed by atoms with Crippen LogP contribution in [0.5, 0.6) is 0 Å². The summed E-state index contributed by atoms with van der Waals surface area (Å²) in [6.07, 6.45) is 0. The number of aromatic nitrogens is 3. The van der Waals surface area contributed by atoms with Crippen molar-refractivity contribution in [1.29, 1.82) is 0 Å². The van der Waals surface area contributed by atoms with E-state index in [0.717, 1.165) is 21.3 Å². The van der Waals surface area contributed by atoms with E-state index in [4.69, 9.17) is 0 Å². The van der Waals surface area contributed by atoms with E-state index in [1.54, 1.807) is 12.1 Å². The zero-order chi connectivity index (χ0) is 24.8. The van der Waals surface area contributed by atoms with Crippen LogP contribution in [0.4, 0.5) is 5.69 Å². The van der Waals surface area contributed by atoms with Gasteiger partial charge in [-0.3, -0.25) is 9.59 Å². The number of carbonyl (C=O) groups excluding carboxylic acids is 2. The van der Waals surface area contributed by atoms with Crippen molar-refractivity contribution >= 4 is 45.2 Å². The van der Waals surface area contributed by atoms with Gasteiger partial charge in [0, 0.05) is 22.3 Å². The highest BCUT2D eigenvalue weighted by molar-refractivity contribution is 9.10. The van der Waals surface area contributed by atoms with Gasteiger partial charge < -0.3 is 15.2 Å². The van der Waals surface area contributed by atoms with E-state index in [0.29, 0.717) is 23.1 Å². The topological polar surface area (TPSA) is 88.9 Å². The van der Waals surface area contributed by atoms with Crippen molar-refractivity contribution in [2.24, 2.45) is 5.92 Å². The fourth-order valence-corrected chi connectivity index (χ4v) is 4.76. The molecule has 0 radical (unpaired) electrons. The SMILES string of the molecule is CCn1c(SCC(=O)Nc2ccc(Br)c(C)c2C)nnc1C(NC(=O)c1ccccc1)C(C)C. The van der Waals surface area contributed by atoms with Gasteiger partial charge in [-0.05, 0) is 62.1 Å². The first-order chi connectivity index (χ1) is 16.2. The Kier molecular flexibility index (Phi) is 8.90. The first-order valence-electron chi connectivity index (χ1n) is 11.2. The summed E-state index contributed by atoms with van der Waals surface area (Å²) in [6, 6.07) is 12.6. The van der Waals surface area contributed by atoms with Gasteiger partial charge in [0.2, 0.25) is 5.91 Å². The molecule has 1 heterocycles. The number of nitrogens with zero attached hydrogens (tertiary/aromatic N) is 3. The molecule has 2 amide bonds. The average molecular weight is 545 g/mol. The van der Waals surface area contributed by atoms with Crippen LogP contribution in [0.1, 0.15) is 54.1 Å². The maximum Gasteiger partial charge on any atom is 0.251 e. The molecular weight excluding hydrogens is 514 g/mol. The number of hydrogen-bond donors (Lipinski definition) is 2. The van der Waals surface area contributed by atoms with E-state index < -0.39 is 0 Å². The molecule has 0 spiro atoms. The molecule has 0 aliphatic carbocycles. The van der Waals surface area contributed by atoms with E-state index in [2.05, 4.69) is 36.8 Å². The van der Waals surface area contributed by atoms with Gasteiger partial charge in [0.25, 0.3) is 5.91 Å². The van der Waals surface area contributed by atoms with Gasteiger partial charge in [0.05, 0.1) is 11.8 Å². The van der Waals surface area contributed by atoms with Crippen LogP contribution >= 0.6 is 27.7 Å². The molecule has 3 aromatic rings. The number of thioether (sulfide) groups is 1. The number of amides is 2. The number of benzene rings is 2. The second-order valence-electron chi connectivity index (χ2n) is 8.33. The lowest BCUT2D eigenvalue weighted by Crippen LogP contribution is -2.33. The monoisotopic (exact) mass is 543 g/mol. The lowest BCUT2D eigenvalue weighted by atomic mass is 10.0. The van der Waals surface area contributed by atoms with Crippen LogP contribution < -0.4 is 10.6 Å². The summed E-state index contributed by atoms with van der Waals surface area (Å²) in [7, 11) is 0. The van der Waals surface area contributed by atoms with Gasteiger partial charge in [0.1, 0.15) is 0 Å². The van der Waals surface area contributed by atoms with Gasteiger partial charge in [-0.1, -0.05) is 59.7 Å². The minimum absolute atomic E-state index is 0.104. The molecule has 1 unspecified atom stereocenters. The van der Waals surface area contributed by atoms with Gasteiger partial charge >= 0.3 is 0 Å². The molecule has 180 valence electrons. The van der Waals surface area contributed by atoms with Crippen LogP contribution in [0.3, 0.4) is 0 Å². The van der Waals surface area contributed by atoms with E-state index in [1.807, 2.05) is 69.5 Å². The smallest absolute Gasteiger partial charge is 0.251 e. The van der Waals surface area contributed by atoms with Gasteiger partial charge in [-0.25, -0.2) is 0 Å². The summed E-state index contributed by atoms with van der Waals surface area (Å²) in [5.41, 5.74) is 3.52. The van der Waals surface area contributed by atoms with Gasteiger partial charge in [-0.2, -0.15) is 0 Å². The molecule has 2 aromatic carbocycles. The summed E-state index contributed by atoms with van der Waals surface area (Å²) in [4.78, 5) is 25.4. The first-order valence-corrected chi connectivity index (χ1v) is 13.0. The highest BCUT2D eigenvalue weighted by atomic mass is 79.9. The van der Waals surface area contributed by atoms with E-state index >= 15 is 0 Å². The summed E-state index contributed by atoms with van der Waals surface area (Å²) in [6.45, 7) is 10.7. The van der Waals surface area contributed by atoms with Crippen LogP contribution in [-0.4, -0.2) is 32.3 Å². The Morgan fingerprint density at radius 1 is 1.06 bits per heavy atom. The Balaban J connectivity index is 1.71. The Hall–Kier alpha value is -2.65. The summed E-state index contributed by atoms with van der Waals surface area (Å²) >= 11 is 4.85. The van der Waals surface area contributed by atoms with Crippen LogP contribution in [0, 0.1) is 19.8 Å². The molecule has 0 aliphatic rings. The minimum atomic E-state index is -0.309. The second-order valence-corrected chi connectivity index (χ2v) is 10.1. The van der Waals surface area contributed by atoms with Gasteiger partial charge in [0.15, 0.2) is 11.0 Å². The molecular formula is C25H30BrN5O2S. The quantitative estimate of drug-likeness (QED) is 0.346. The number of halogens is 1. The third-order valence-electron chi connectivity index (χ3n) is 5.66. The van der Waals surface area contributed by atoms with Crippen LogP contribution in [0.2, 0.25) is 0 Å². The molecule has 9 heteroatoms. The third kappa shape index (κ3) is 6.07. The number of hydrogen-bond acceptors (Lipinski definition) is 5. The van der Waals surface area contributed by atoms with Gasteiger partial charge in [-0.15, -0.1) is 10.2 Å². The largest absolute Gasteiger partial charge is 0.342 e. The predicted octanol–water partition coefficient (Wildman–Crippen LogP) is 5.54. The van der Waals surface area contributed by atoms with E-state index in [1.165, 1.54) is 11.8 Å². The molecule has 0 fully saturated rings. The lowest BCUT2D eigenvalue weighted by Gasteiger charge is -2.22. The molecule has 1 atom stereocenters. The predicted molar refractivity (Wildman–Crippen MR) is 140 cm³/mol. The van der Waals surface area contributed by atoms with Crippen LogP contribution in [0.25, 0.3) is 0 Å². The standard InChI is InChI=1S/C25H30BrN5O2S/c1-6-31-23(22(15(2)3)28-24(33)18-10-8-7-9-11-18)29-30-25(31)34-14-21(32)27-20-13-12-19(26)16(4)17(20)5/h7-13,15,22H,6,14H2,1-5H3,(H,27,32)(H,28,33). The van der Waals surface area contributed by atoms with Crippen molar-refractivity contribution < 1.29 is 9.59 Å². The van der Waals surface area contributed by atoms with Crippen LogP contribution in [0.15, 0.2) is 52.1 Å². The van der Waals surface area contributed by atoms with Crippen molar-refractivity contribution in [2.75, 3.05) is 11.1 Å². The second kappa shape index (κ2) is 11.7. The van der Waals surface area contributed by atoms with Crippen molar-refractivity contribution in [3.05, 3.63) is 69.5 Å². The lowest BCUT2D eigenvalue weighted by molar-refractivity contribution is -0.113. The first kappa shape index (κ1) is 26.0. The zero-order valence-electron chi connectivity index (χ0n) is 20.1. The minimum Gasteiger partial charge on any atom is -0.342 e. The summed E-state index contributed by atoms with van der Waals surface area (Å²) in [5.74, 6) is 0.726. The Labute approximate surface area is 213 Å². The normalized spacial score (nSPS) is 12.0.